The average molecular weight is 350 g/mol. The van der Waals surface area contributed by atoms with Crippen LogP contribution in [0, 0.1) is 5.82 Å². The van der Waals surface area contributed by atoms with E-state index in [-0.39, 0.29) is 23.2 Å². The van der Waals surface area contributed by atoms with Gasteiger partial charge in [-0.15, -0.1) is 0 Å². The quantitative estimate of drug-likeness (QED) is 0.868. The van der Waals surface area contributed by atoms with Crippen molar-refractivity contribution in [2.24, 2.45) is 0 Å². The molecule has 0 bridgehead atoms. The minimum Gasteiger partial charge on any atom is -0.325 e. The van der Waals surface area contributed by atoms with Crippen LogP contribution in [0.25, 0.3) is 0 Å². The van der Waals surface area contributed by atoms with Gasteiger partial charge >= 0.3 is 0 Å². The number of sulfone groups is 1. The molecule has 2 rings (SSSR count). The van der Waals surface area contributed by atoms with Crippen molar-refractivity contribution in [3.05, 3.63) is 59.9 Å². The molecule has 7 heteroatoms. The van der Waals surface area contributed by atoms with E-state index in [0.29, 0.717) is 12.2 Å². The third kappa shape index (κ3) is 5.43. The van der Waals surface area contributed by atoms with Crippen molar-refractivity contribution in [2.75, 3.05) is 25.2 Å². The van der Waals surface area contributed by atoms with Crippen LogP contribution in [0.1, 0.15) is 5.56 Å². The van der Waals surface area contributed by atoms with Crippen LogP contribution in [-0.2, 0) is 21.2 Å². The van der Waals surface area contributed by atoms with Crippen LogP contribution in [0.3, 0.4) is 0 Å². The monoisotopic (exact) mass is 350 g/mol. The third-order valence-corrected chi connectivity index (χ3v) is 4.41. The molecule has 0 aliphatic heterocycles. The Bertz CT molecular complexity index is 837. The highest BCUT2D eigenvalue weighted by Gasteiger charge is 2.11. The Morgan fingerprint density at radius 3 is 2.54 bits per heavy atom. The molecular formula is C17H19FN2O3S. The van der Waals surface area contributed by atoms with Crippen LogP contribution in [-0.4, -0.2) is 39.1 Å². The van der Waals surface area contributed by atoms with Crippen molar-refractivity contribution < 1.29 is 17.6 Å². The number of carbonyl (C=O) groups is 1. The smallest absolute Gasteiger partial charge is 0.238 e. The normalized spacial score (nSPS) is 11.5. The van der Waals surface area contributed by atoms with E-state index in [1.807, 2.05) is 0 Å². The maximum absolute atomic E-state index is 13.2. The number of hydrogen-bond donors (Lipinski definition) is 1. The van der Waals surface area contributed by atoms with E-state index in [2.05, 4.69) is 5.32 Å². The number of nitrogens with one attached hydrogen (secondary N) is 1. The summed E-state index contributed by atoms with van der Waals surface area (Å²) >= 11 is 0. The SMILES string of the molecule is CN(CC(=O)Nc1cccc(S(C)(=O)=O)c1)Cc1cccc(F)c1. The summed E-state index contributed by atoms with van der Waals surface area (Å²) in [6.45, 7) is 0.522. The molecule has 2 aromatic carbocycles. The third-order valence-electron chi connectivity index (χ3n) is 3.30. The van der Waals surface area contributed by atoms with Gasteiger partial charge in [0.25, 0.3) is 0 Å². The number of hydrogen-bond acceptors (Lipinski definition) is 4. The lowest BCUT2D eigenvalue weighted by atomic mass is 10.2. The van der Waals surface area contributed by atoms with Gasteiger partial charge in [0.2, 0.25) is 5.91 Å². The molecule has 0 atom stereocenters. The molecule has 2 aromatic rings. The van der Waals surface area contributed by atoms with E-state index in [4.69, 9.17) is 0 Å². The zero-order chi connectivity index (χ0) is 17.7. The number of likely N-dealkylation sites (N-methyl/N-ethyl adjacent to an activating group) is 1. The van der Waals surface area contributed by atoms with Gasteiger partial charge in [0, 0.05) is 18.5 Å². The second-order valence-electron chi connectivity index (χ2n) is 5.65. The second-order valence-corrected chi connectivity index (χ2v) is 7.67. The largest absolute Gasteiger partial charge is 0.325 e. The van der Waals surface area contributed by atoms with Crippen LogP contribution in [0.2, 0.25) is 0 Å². The van der Waals surface area contributed by atoms with Crippen molar-refractivity contribution in [1.29, 1.82) is 0 Å². The standard InChI is InChI=1S/C17H19FN2O3S/c1-20(11-13-5-3-6-14(18)9-13)12-17(21)19-15-7-4-8-16(10-15)24(2,22)23/h3-10H,11-12H2,1-2H3,(H,19,21). The van der Waals surface area contributed by atoms with E-state index in [1.54, 1.807) is 36.2 Å². The highest BCUT2D eigenvalue weighted by Crippen LogP contribution is 2.15. The molecule has 0 aliphatic carbocycles. The lowest BCUT2D eigenvalue weighted by Gasteiger charge is -2.16. The Morgan fingerprint density at radius 2 is 1.88 bits per heavy atom. The zero-order valence-corrected chi connectivity index (χ0v) is 14.3. The number of amides is 1. The zero-order valence-electron chi connectivity index (χ0n) is 13.5. The summed E-state index contributed by atoms with van der Waals surface area (Å²) in [5.41, 5.74) is 1.19. The van der Waals surface area contributed by atoms with Gasteiger partial charge in [-0.1, -0.05) is 18.2 Å². The van der Waals surface area contributed by atoms with Crippen LogP contribution >= 0.6 is 0 Å². The topological polar surface area (TPSA) is 66.5 Å². The van der Waals surface area contributed by atoms with E-state index < -0.39 is 9.84 Å². The first-order chi connectivity index (χ1) is 11.2. The second kappa shape index (κ2) is 7.55. The molecule has 24 heavy (non-hydrogen) atoms. The Labute approximate surface area is 141 Å². The van der Waals surface area contributed by atoms with Crippen molar-refractivity contribution in [3.8, 4) is 0 Å². The molecular weight excluding hydrogens is 331 g/mol. The molecule has 0 radical (unpaired) electrons. The minimum atomic E-state index is -3.33. The number of halogens is 1. The van der Waals surface area contributed by atoms with Crippen molar-refractivity contribution >= 4 is 21.4 Å². The van der Waals surface area contributed by atoms with Crippen LogP contribution in [0.5, 0.6) is 0 Å². The van der Waals surface area contributed by atoms with Crippen molar-refractivity contribution in [1.82, 2.24) is 4.90 Å². The molecule has 1 N–H and O–H groups in total. The molecule has 0 saturated heterocycles. The summed E-state index contributed by atoms with van der Waals surface area (Å²) in [6, 6.07) is 12.3. The van der Waals surface area contributed by atoms with Gasteiger partial charge in [-0.05, 0) is 42.9 Å². The van der Waals surface area contributed by atoms with E-state index >= 15 is 0 Å². The fourth-order valence-electron chi connectivity index (χ4n) is 2.25. The first-order valence-electron chi connectivity index (χ1n) is 7.27. The number of nitrogens with zero attached hydrogens (tertiary/aromatic N) is 1. The fourth-order valence-corrected chi connectivity index (χ4v) is 2.92. The first-order valence-corrected chi connectivity index (χ1v) is 9.16. The average Bonchev–Trinajstić information content (AvgIpc) is 2.46. The molecule has 5 nitrogen and oxygen atoms in total. The number of benzene rings is 2. The van der Waals surface area contributed by atoms with Crippen LogP contribution in [0.4, 0.5) is 10.1 Å². The summed E-state index contributed by atoms with van der Waals surface area (Å²) in [5.74, 6) is -0.595. The predicted molar refractivity (Wildman–Crippen MR) is 90.9 cm³/mol. The maximum Gasteiger partial charge on any atom is 0.238 e. The number of anilines is 1. The van der Waals surface area contributed by atoms with Crippen molar-refractivity contribution in [2.45, 2.75) is 11.4 Å². The van der Waals surface area contributed by atoms with Gasteiger partial charge in [0.05, 0.1) is 11.4 Å². The minimum absolute atomic E-state index is 0.0968. The van der Waals surface area contributed by atoms with Crippen LogP contribution < -0.4 is 5.32 Å². The molecule has 0 unspecified atom stereocenters. The highest BCUT2D eigenvalue weighted by atomic mass is 32.2. The first kappa shape index (κ1) is 18.1. The molecule has 0 saturated carbocycles. The summed E-state index contributed by atoms with van der Waals surface area (Å²) in [4.78, 5) is 14.0. The van der Waals surface area contributed by atoms with Gasteiger partial charge in [-0.25, -0.2) is 12.8 Å². The molecule has 128 valence electrons. The molecule has 0 aromatic heterocycles. The van der Waals surface area contributed by atoms with Gasteiger partial charge in [0.1, 0.15) is 5.82 Å². The van der Waals surface area contributed by atoms with Gasteiger partial charge < -0.3 is 5.32 Å². The highest BCUT2D eigenvalue weighted by molar-refractivity contribution is 7.90. The van der Waals surface area contributed by atoms with E-state index in [0.717, 1.165) is 11.8 Å². The van der Waals surface area contributed by atoms with Gasteiger partial charge in [0.15, 0.2) is 9.84 Å². The Morgan fingerprint density at radius 1 is 1.17 bits per heavy atom. The van der Waals surface area contributed by atoms with Gasteiger partial charge in [-0.2, -0.15) is 0 Å². The summed E-state index contributed by atoms with van der Waals surface area (Å²) in [7, 11) is -1.58. The van der Waals surface area contributed by atoms with E-state index in [1.165, 1.54) is 24.3 Å². The lowest BCUT2D eigenvalue weighted by Crippen LogP contribution is -2.29. The molecule has 1 amide bonds. The molecule has 0 heterocycles. The summed E-state index contributed by atoms with van der Waals surface area (Å²) < 4.78 is 36.2. The molecule has 0 aliphatic rings. The lowest BCUT2D eigenvalue weighted by molar-refractivity contribution is -0.117. The Balaban J connectivity index is 1.95. The maximum atomic E-state index is 13.2. The molecule has 0 fully saturated rings. The van der Waals surface area contributed by atoms with Crippen LogP contribution in [0.15, 0.2) is 53.4 Å². The van der Waals surface area contributed by atoms with E-state index in [9.17, 15) is 17.6 Å². The fraction of sp³-hybridized carbons (Fsp3) is 0.235. The molecule has 0 spiro atoms. The summed E-state index contributed by atoms with van der Waals surface area (Å²) in [6.07, 6.45) is 1.11. The predicted octanol–water partition coefficient (Wildman–Crippen LogP) is 2.30. The number of rotatable bonds is 6. The van der Waals surface area contributed by atoms with Crippen molar-refractivity contribution in [3.63, 3.8) is 0 Å². The number of carbonyl (C=O) groups excluding carboxylic acids is 1. The summed E-state index contributed by atoms with van der Waals surface area (Å²) in [5, 5.41) is 2.66. The Kier molecular flexibility index (Phi) is 5.69. The van der Waals surface area contributed by atoms with Gasteiger partial charge in [-0.3, -0.25) is 9.69 Å². The Hall–Kier alpha value is -2.25.